The van der Waals surface area contributed by atoms with Crippen molar-refractivity contribution in [3.8, 4) is 0 Å². The lowest BCUT2D eigenvalue weighted by molar-refractivity contribution is 0.0600. The summed E-state index contributed by atoms with van der Waals surface area (Å²) in [7, 11) is 1.33. The Morgan fingerprint density at radius 1 is 1.00 bits per heavy atom. The first-order valence-corrected chi connectivity index (χ1v) is 9.32. The van der Waals surface area contributed by atoms with Crippen molar-refractivity contribution in [3.63, 3.8) is 0 Å². The molecular weight excluding hydrogens is 380 g/mol. The minimum absolute atomic E-state index is 0.264. The molecule has 0 saturated heterocycles. The number of amides is 1. The Bertz CT molecular complexity index is 1060. The maximum atomic E-state index is 12.7. The van der Waals surface area contributed by atoms with E-state index >= 15 is 0 Å². The van der Waals surface area contributed by atoms with Crippen molar-refractivity contribution >= 4 is 23.5 Å². The Kier molecular flexibility index (Phi) is 6.89. The van der Waals surface area contributed by atoms with Crippen LogP contribution >= 0.6 is 0 Å². The van der Waals surface area contributed by atoms with Gasteiger partial charge in [-0.3, -0.25) is 15.1 Å². The molecule has 0 atom stereocenters. The van der Waals surface area contributed by atoms with Crippen LogP contribution in [0.5, 0.6) is 0 Å². The van der Waals surface area contributed by atoms with Crippen molar-refractivity contribution in [3.05, 3.63) is 95.3 Å². The van der Waals surface area contributed by atoms with Gasteiger partial charge < -0.3 is 10.1 Å². The number of nitrogens with one attached hydrogen (secondary N) is 2. The second-order valence-corrected chi connectivity index (χ2v) is 6.54. The zero-order chi connectivity index (χ0) is 21.3. The minimum Gasteiger partial charge on any atom is -0.465 e. The predicted octanol–water partition coefficient (Wildman–Crippen LogP) is 3.57. The minimum atomic E-state index is -0.447. The third kappa shape index (κ3) is 5.75. The maximum Gasteiger partial charge on any atom is 0.337 e. The van der Waals surface area contributed by atoms with Gasteiger partial charge in [0.25, 0.3) is 5.91 Å². The third-order valence-corrected chi connectivity index (χ3v) is 4.23. The van der Waals surface area contributed by atoms with Gasteiger partial charge in [-0.1, -0.05) is 23.8 Å². The lowest BCUT2D eigenvalue weighted by Crippen LogP contribution is -2.36. The van der Waals surface area contributed by atoms with E-state index in [0.717, 1.165) is 11.1 Å². The highest BCUT2D eigenvalue weighted by molar-refractivity contribution is 6.10. The smallest absolute Gasteiger partial charge is 0.337 e. The zero-order valence-corrected chi connectivity index (χ0v) is 16.8. The van der Waals surface area contributed by atoms with Gasteiger partial charge >= 0.3 is 5.97 Å². The molecule has 0 saturated carbocycles. The molecule has 3 aromatic rings. The summed E-state index contributed by atoms with van der Waals surface area (Å²) in [6.45, 7) is 2.27. The number of nitrogens with zero attached hydrogens (tertiary/aromatic N) is 2. The molecule has 0 spiro atoms. The molecule has 0 bridgehead atoms. The number of rotatable bonds is 5. The van der Waals surface area contributed by atoms with Crippen LogP contribution in [-0.2, 0) is 11.3 Å². The number of anilines is 1. The molecule has 2 N–H and O–H groups in total. The summed E-state index contributed by atoms with van der Waals surface area (Å²) >= 11 is 0. The fourth-order valence-electron chi connectivity index (χ4n) is 2.71. The van der Waals surface area contributed by atoms with Crippen molar-refractivity contribution < 1.29 is 14.3 Å². The number of carbonyl (C=O) groups excluding carboxylic acids is 2. The molecule has 2 aromatic carbocycles. The van der Waals surface area contributed by atoms with Crippen molar-refractivity contribution in [2.24, 2.45) is 4.99 Å². The van der Waals surface area contributed by atoms with E-state index in [-0.39, 0.29) is 11.9 Å². The summed E-state index contributed by atoms with van der Waals surface area (Å²) in [4.78, 5) is 33.0. The first-order valence-electron chi connectivity index (χ1n) is 9.32. The number of hydrogen-bond acceptors (Lipinski definition) is 5. The molecule has 1 heterocycles. The number of carbonyl (C=O) groups is 2. The Morgan fingerprint density at radius 2 is 1.73 bits per heavy atom. The van der Waals surface area contributed by atoms with Gasteiger partial charge in [0.05, 0.1) is 19.2 Å². The molecule has 1 aromatic heterocycles. The van der Waals surface area contributed by atoms with Gasteiger partial charge in [-0.2, -0.15) is 0 Å². The van der Waals surface area contributed by atoms with E-state index in [4.69, 9.17) is 4.74 Å². The van der Waals surface area contributed by atoms with Crippen molar-refractivity contribution in [2.75, 3.05) is 12.4 Å². The molecule has 152 valence electrons. The van der Waals surface area contributed by atoms with Gasteiger partial charge in [-0.25, -0.2) is 9.79 Å². The van der Waals surface area contributed by atoms with Crippen LogP contribution < -0.4 is 10.6 Å². The summed E-state index contributed by atoms with van der Waals surface area (Å²) in [6.07, 6.45) is 3.37. The van der Waals surface area contributed by atoms with Gasteiger partial charge in [-0.05, 0) is 55.0 Å². The highest BCUT2D eigenvalue weighted by atomic mass is 16.5. The number of aromatic nitrogens is 1. The van der Waals surface area contributed by atoms with Crippen LogP contribution in [0.3, 0.4) is 0 Å². The molecular formula is C23H22N4O3. The summed E-state index contributed by atoms with van der Waals surface area (Å²) in [5.74, 6) is -0.471. The number of hydrogen-bond donors (Lipinski definition) is 2. The fourth-order valence-corrected chi connectivity index (χ4v) is 2.71. The Balaban J connectivity index is 1.83. The van der Waals surface area contributed by atoms with Crippen molar-refractivity contribution in [1.82, 2.24) is 10.3 Å². The normalized spacial score (nSPS) is 10.9. The van der Waals surface area contributed by atoms with Crippen LogP contribution in [0, 0.1) is 6.92 Å². The lowest BCUT2D eigenvalue weighted by atomic mass is 10.1. The Hall–Kier alpha value is -4.00. The van der Waals surface area contributed by atoms with Crippen LogP contribution in [-0.4, -0.2) is 29.9 Å². The number of pyridine rings is 1. The molecule has 1 amide bonds. The first-order chi connectivity index (χ1) is 14.5. The van der Waals surface area contributed by atoms with E-state index in [9.17, 15) is 9.59 Å². The summed E-state index contributed by atoms with van der Waals surface area (Å²) < 4.78 is 4.76. The number of aryl methyl sites for hydroxylation is 1. The molecule has 0 aliphatic rings. The first kappa shape index (κ1) is 20.7. The highest BCUT2D eigenvalue weighted by Crippen LogP contribution is 2.12. The number of esters is 1. The number of aliphatic imine (C=N–C) groups is 1. The molecule has 0 unspecified atom stereocenters. The molecule has 3 rings (SSSR count). The van der Waals surface area contributed by atoms with E-state index in [0.29, 0.717) is 23.4 Å². The fraction of sp³-hybridized carbons (Fsp3) is 0.130. The average molecular weight is 402 g/mol. The second kappa shape index (κ2) is 9.97. The molecule has 0 aliphatic heterocycles. The van der Waals surface area contributed by atoms with E-state index in [2.05, 4.69) is 20.6 Å². The largest absolute Gasteiger partial charge is 0.465 e. The standard InChI is InChI=1S/C23H22N4O3/c1-16-5-3-6-18(13-16)21(28)27-23(25-15-17-9-11-24-12-10-17)26-20-8-4-7-19(14-20)22(29)30-2/h3-14H,15H2,1-2H3,(H2,25,26,27,28). The summed E-state index contributed by atoms with van der Waals surface area (Å²) in [5, 5.41) is 5.89. The van der Waals surface area contributed by atoms with Gasteiger partial charge in [0, 0.05) is 23.6 Å². The lowest BCUT2D eigenvalue weighted by Gasteiger charge is -2.13. The summed E-state index contributed by atoms with van der Waals surface area (Å²) in [6, 6.07) is 17.8. The van der Waals surface area contributed by atoms with E-state index < -0.39 is 5.97 Å². The van der Waals surface area contributed by atoms with Crippen LogP contribution in [0.25, 0.3) is 0 Å². The molecule has 7 heteroatoms. The Morgan fingerprint density at radius 3 is 2.47 bits per heavy atom. The second-order valence-electron chi connectivity index (χ2n) is 6.54. The topological polar surface area (TPSA) is 92.7 Å². The van der Waals surface area contributed by atoms with Crippen LogP contribution in [0.1, 0.15) is 31.8 Å². The van der Waals surface area contributed by atoms with Crippen LogP contribution in [0.15, 0.2) is 78.0 Å². The molecule has 0 fully saturated rings. The molecule has 30 heavy (non-hydrogen) atoms. The zero-order valence-electron chi connectivity index (χ0n) is 16.8. The van der Waals surface area contributed by atoms with E-state index in [1.54, 1.807) is 48.8 Å². The molecule has 0 aliphatic carbocycles. The third-order valence-electron chi connectivity index (χ3n) is 4.23. The maximum absolute atomic E-state index is 12.7. The van der Waals surface area contributed by atoms with Gasteiger partial charge in [0.2, 0.25) is 5.96 Å². The molecule has 7 nitrogen and oxygen atoms in total. The average Bonchev–Trinajstić information content (AvgIpc) is 2.77. The number of guanidine groups is 1. The summed E-state index contributed by atoms with van der Waals surface area (Å²) in [5.41, 5.74) is 3.43. The van der Waals surface area contributed by atoms with Gasteiger partial charge in [0.15, 0.2) is 0 Å². The van der Waals surface area contributed by atoms with Crippen LogP contribution in [0.4, 0.5) is 5.69 Å². The van der Waals surface area contributed by atoms with Gasteiger partial charge in [-0.15, -0.1) is 0 Å². The Labute approximate surface area is 174 Å². The number of ether oxygens (including phenoxy) is 1. The van der Waals surface area contributed by atoms with Crippen LogP contribution in [0.2, 0.25) is 0 Å². The van der Waals surface area contributed by atoms with Crippen molar-refractivity contribution in [2.45, 2.75) is 13.5 Å². The highest BCUT2D eigenvalue weighted by Gasteiger charge is 2.11. The van der Waals surface area contributed by atoms with E-state index in [1.165, 1.54) is 7.11 Å². The molecule has 0 radical (unpaired) electrons. The number of methoxy groups -OCH3 is 1. The van der Waals surface area contributed by atoms with Crippen molar-refractivity contribution in [1.29, 1.82) is 0 Å². The van der Waals surface area contributed by atoms with E-state index in [1.807, 2.05) is 31.2 Å². The predicted molar refractivity (Wildman–Crippen MR) is 115 cm³/mol. The SMILES string of the molecule is COC(=O)c1cccc(NC(=NCc2ccncc2)NC(=O)c2cccc(C)c2)c1. The van der Waals surface area contributed by atoms with Gasteiger partial charge in [0.1, 0.15) is 0 Å². The quantitative estimate of drug-likeness (QED) is 0.387. The number of benzene rings is 2. The monoisotopic (exact) mass is 402 g/mol.